The van der Waals surface area contributed by atoms with Gasteiger partial charge in [0.2, 0.25) is 0 Å². The first-order valence-corrected chi connectivity index (χ1v) is 6.13. The molecule has 0 bridgehead atoms. The van der Waals surface area contributed by atoms with E-state index in [9.17, 15) is 4.79 Å². The van der Waals surface area contributed by atoms with Gasteiger partial charge in [0.25, 0.3) is 0 Å². The highest BCUT2D eigenvalue weighted by Gasteiger charge is 2.13. The number of carbonyl (C=O) groups is 1. The Bertz CT molecular complexity index is 385. The second-order valence-corrected chi connectivity index (χ2v) is 4.39. The molecule has 0 radical (unpaired) electrons. The molecular weight excluding hydrogens is 240 g/mol. The van der Waals surface area contributed by atoms with Gasteiger partial charge in [0.05, 0.1) is 24.6 Å². The topological polar surface area (TPSA) is 74.4 Å². The number of anilines is 1. The summed E-state index contributed by atoms with van der Waals surface area (Å²) in [5.41, 5.74) is 6.46. The van der Waals surface area contributed by atoms with E-state index in [-0.39, 0.29) is 0 Å². The molecule has 0 aliphatic rings. The summed E-state index contributed by atoms with van der Waals surface area (Å²) in [6.45, 7) is 0.690. The van der Waals surface area contributed by atoms with Crippen molar-refractivity contribution in [3.63, 3.8) is 0 Å². The lowest BCUT2D eigenvalue weighted by Gasteiger charge is -2.07. The minimum Gasteiger partial charge on any atom is -0.465 e. The highest BCUT2D eigenvalue weighted by Crippen LogP contribution is 2.23. The van der Waals surface area contributed by atoms with Gasteiger partial charge in [-0.25, -0.2) is 9.78 Å². The molecule has 1 aromatic heterocycles. The van der Waals surface area contributed by atoms with Crippen molar-refractivity contribution >= 4 is 23.4 Å². The molecule has 1 rings (SSSR count). The molecule has 17 heavy (non-hydrogen) atoms. The zero-order chi connectivity index (χ0) is 12.7. The van der Waals surface area contributed by atoms with E-state index < -0.39 is 5.97 Å². The Morgan fingerprint density at radius 2 is 2.29 bits per heavy atom. The fourth-order valence-electron chi connectivity index (χ4n) is 1.21. The maximum absolute atomic E-state index is 11.5. The number of rotatable bonds is 6. The van der Waals surface area contributed by atoms with Gasteiger partial charge < -0.3 is 15.2 Å². The highest BCUT2D eigenvalue weighted by atomic mass is 32.2. The van der Waals surface area contributed by atoms with Gasteiger partial charge in [-0.15, -0.1) is 11.8 Å². The predicted molar refractivity (Wildman–Crippen MR) is 67.2 cm³/mol. The first-order chi connectivity index (χ1) is 8.19. The van der Waals surface area contributed by atoms with Gasteiger partial charge in [-0.2, -0.15) is 0 Å². The summed E-state index contributed by atoms with van der Waals surface area (Å²) < 4.78 is 9.64. The average Bonchev–Trinajstić information content (AvgIpc) is 2.35. The van der Waals surface area contributed by atoms with E-state index in [4.69, 9.17) is 10.5 Å². The molecule has 0 aliphatic heterocycles. The van der Waals surface area contributed by atoms with Crippen LogP contribution in [-0.2, 0) is 9.47 Å². The molecule has 0 saturated carbocycles. The maximum Gasteiger partial charge on any atom is 0.340 e. The summed E-state index contributed by atoms with van der Waals surface area (Å²) >= 11 is 1.49. The van der Waals surface area contributed by atoms with Gasteiger partial charge in [-0.1, -0.05) is 0 Å². The lowest BCUT2D eigenvalue weighted by molar-refractivity contribution is 0.0596. The molecular formula is C11H16N2O3S. The second-order valence-electron chi connectivity index (χ2n) is 3.31. The molecule has 2 N–H and O–H groups in total. The van der Waals surface area contributed by atoms with Gasteiger partial charge >= 0.3 is 5.97 Å². The number of ether oxygens (including phenoxy) is 2. The summed E-state index contributed by atoms with van der Waals surface area (Å²) in [7, 11) is 3.00. The number of carbonyl (C=O) groups excluding carboxylic acids is 1. The van der Waals surface area contributed by atoms with Gasteiger partial charge in [0, 0.05) is 19.5 Å². The number of esters is 1. The largest absolute Gasteiger partial charge is 0.465 e. The smallest absolute Gasteiger partial charge is 0.340 e. The Morgan fingerprint density at radius 3 is 2.94 bits per heavy atom. The Labute approximate surface area is 105 Å². The van der Waals surface area contributed by atoms with Gasteiger partial charge in [0.15, 0.2) is 0 Å². The van der Waals surface area contributed by atoms with E-state index in [1.165, 1.54) is 25.1 Å². The monoisotopic (exact) mass is 256 g/mol. The molecule has 6 heteroatoms. The van der Waals surface area contributed by atoms with Crippen LogP contribution in [0.5, 0.6) is 0 Å². The predicted octanol–water partition coefficient (Wildman–Crippen LogP) is 1.58. The number of aromatic nitrogens is 1. The van der Waals surface area contributed by atoms with Crippen LogP contribution < -0.4 is 5.73 Å². The molecule has 94 valence electrons. The van der Waals surface area contributed by atoms with Crippen LogP contribution in [0.1, 0.15) is 16.8 Å². The third-order valence-electron chi connectivity index (χ3n) is 2.01. The van der Waals surface area contributed by atoms with E-state index in [1.807, 2.05) is 0 Å². The first-order valence-electron chi connectivity index (χ1n) is 5.14. The third kappa shape index (κ3) is 4.24. The fraction of sp³-hybridized carbons (Fsp3) is 0.455. The molecule has 0 amide bonds. The number of methoxy groups -OCH3 is 2. The Balaban J connectivity index is 2.72. The molecule has 0 atom stereocenters. The molecule has 5 nitrogen and oxygen atoms in total. The molecule has 0 fully saturated rings. The highest BCUT2D eigenvalue weighted by molar-refractivity contribution is 7.99. The van der Waals surface area contributed by atoms with Crippen LogP contribution in [0, 0.1) is 0 Å². The van der Waals surface area contributed by atoms with Crippen molar-refractivity contribution in [1.29, 1.82) is 0 Å². The van der Waals surface area contributed by atoms with E-state index >= 15 is 0 Å². The molecule has 1 heterocycles. The zero-order valence-electron chi connectivity index (χ0n) is 9.93. The van der Waals surface area contributed by atoms with Crippen molar-refractivity contribution in [2.45, 2.75) is 11.4 Å². The lowest BCUT2D eigenvalue weighted by atomic mass is 10.3. The number of hydrogen-bond donors (Lipinski definition) is 1. The summed E-state index contributed by atoms with van der Waals surface area (Å²) in [6.07, 6.45) is 2.43. The van der Waals surface area contributed by atoms with E-state index in [0.717, 1.165) is 12.2 Å². The van der Waals surface area contributed by atoms with Crippen molar-refractivity contribution in [3.8, 4) is 0 Å². The van der Waals surface area contributed by atoms with Crippen LogP contribution in [0.15, 0.2) is 17.3 Å². The average molecular weight is 256 g/mol. The molecule has 0 aromatic carbocycles. The summed E-state index contributed by atoms with van der Waals surface area (Å²) in [5.74, 6) is 0.411. The van der Waals surface area contributed by atoms with E-state index in [1.54, 1.807) is 13.2 Å². The molecule has 1 aromatic rings. The molecule has 0 saturated heterocycles. The summed E-state index contributed by atoms with van der Waals surface area (Å²) in [4.78, 5) is 15.7. The lowest BCUT2D eigenvalue weighted by Crippen LogP contribution is -2.06. The van der Waals surface area contributed by atoms with Crippen LogP contribution in [0.4, 0.5) is 5.69 Å². The SMILES string of the molecule is COCCCSc1ncc(N)cc1C(=O)OC. The van der Waals surface area contributed by atoms with Crippen LogP contribution in [0.2, 0.25) is 0 Å². The Hall–Kier alpha value is -1.27. The number of thioether (sulfide) groups is 1. The number of nitrogens with zero attached hydrogens (tertiary/aromatic N) is 1. The van der Waals surface area contributed by atoms with Crippen molar-refractivity contribution in [3.05, 3.63) is 17.8 Å². The van der Waals surface area contributed by atoms with E-state index in [2.05, 4.69) is 9.72 Å². The molecule has 0 aliphatic carbocycles. The van der Waals surface area contributed by atoms with E-state index in [0.29, 0.717) is 22.9 Å². The van der Waals surface area contributed by atoms with Crippen LogP contribution in [0.25, 0.3) is 0 Å². The summed E-state index contributed by atoms with van der Waals surface area (Å²) in [6, 6.07) is 1.58. The van der Waals surface area contributed by atoms with Crippen LogP contribution >= 0.6 is 11.8 Å². The first kappa shape index (κ1) is 13.8. The minimum absolute atomic E-state index is 0.412. The van der Waals surface area contributed by atoms with Crippen LogP contribution in [0.3, 0.4) is 0 Å². The quantitative estimate of drug-likeness (QED) is 0.473. The third-order valence-corrected chi connectivity index (χ3v) is 3.10. The number of nitrogens with two attached hydrogens (primary N) is 1. The van der Waals surface area contributed by atoms with Gasteiger partial charge in [0.1, 0.15) is 5.03 Å². The number of hydrogen-bond acceptors (Lipinski definition) is 6. The standard InChI is InChI=1S/C11H16N2O3S/c1-15-4-3-5-17-10-9(11(14)16-2)6-8(12)7-13-10/h6-7H,3-5,12H2,1-2H3. The molecule has 0 unspecified atom stereocenters. The number of pyridine rings is 1. The van der Waals surface area contributed by atoms with Crippen molar-refractivity contribution in [1.82, 2.24) is 4.98 Å². The second kappa shape index (κ2) is 7.13. The molecule has 0 spiro atoms. The zero-order valence-corrected chi connectivity index (χ0v) is 10.8. The summed E-state index contributed by atoms with van der Waals surface area (Å²) in [5, 5.41) is 0.641. The Morgan fingerprint density at radius 1 is 1.53 bits per heavy atom. The normalized spacial score (nSPS) is 10.2. The minimum atomic E-state index is -0.418. The van der Waals surface area contributed by atoms with Gasteiger partial charge in [-0.3, -0.25) is 0 Å². The van der Waals surface area contributed by atoms with Crippen molar-refractivity contribution in [2.24, 2.45) is 0 Å². The fourth-order valence-corrected chi connectivity index (χ4v) is 2.09. The van der Waals surface area contributed by atoms with Crippen molar-refractivity contribution in [2.75, 3.05) is 32.3 Å². The van der Waals surface area contributed by atoms with Gasteiger partial charge in [-0.05, 0) is 12.5 Å². The maximum atomic E-state index is 11.5. The number of nitrogen functional groups attached to an aromatic ring is 1. The van der Waals surface area contributed by atoms with Crippen LogP contribution in [-0.4, -0.2) is 37.5 Å². The van der Waals surface area contributed by atoms with Crippen molar-refractivity contribution < 1.29 is 14.3 Å². The Kier molecular flexibility index (Phi) is 5.79.